The third-order valence-electron chi connectivity index (χ3n) is 10.6. The minimum absolute atomic E-state index is 0.0134. The Kier molecular flexibility index (Phi) is 14.2. The number of H-pyrrole nitrogens is 1. The van der Waals surface area contributed by atoms with E-state index in [1.807, 2.05) is 19.1 Å². The number of carbonyl (C=O) groups excluding carboxylic acids is 3. The lowest BCUT2D eigenvalue weighted by atomic mass is 9.76. The van der Waals surface area contributed by atoms with E-state index < -0.39 is 35.4 Å². The first-order valence-corrected chi connectivity index (χ1v) is 20.4. The van der Waals surface area contributed by atoms with E-state index in [4.69, 9.17) is 54.7 Å². The van der Waals surface area contributed by atoms with E-state index in [2.05, 4.69) is 63.3 Å². The average molecular weight is 880 g/mol. The topological polar surface area (TPSA) is 170 Å². The number of urea groups is 1. The van der Waals surface area contributed by atoms with Crippen LogP contribution in [0, 0.1) is 0 Å². The van der Waals surface area contributed by atoms with Crippen LogP contribution < -0.4 is 41.0 Å². The molecule has 0 aliphatic carbocycles. The number of amides is 4. The number of aromatic nitrogens is 2. The van der Waals surface area contributed by atoms with Gasteiger partial charge in [0.15, 0.2) is 11.9 Å². The van der Waals surface area contributed by atoms with Crippen LogP contribution in [0.4, 0.5) is 32.5 Å². The van der Waals surface area contributed by atoms with E-state index in [9.17, 15) is 19.2 Å². The summed E-state index contributed by atoms with van der Waals surface area (Å²) in [6.45, 7) is 14.8. The Hall–Kier alpha value is -5.63. The summed E-state index contributed by atoms with van der Waals surface area (Å²) in [6, 6.07) is 20.2. The van der Waals surface area contributed by atoms with Gasteiger partial charge in [0.1, 0.15) is 17.2 Å². The summed E-state index contributed by atoms with van der Waals surface area (Å²) < 4.78 is 18.2. The van der Waals surface area contributed by atoms with Gasteiger partial charge >= 0.3 is 17.7 Å². The van der Waals surface area contributed by atoms with Crippen molar-refractivity contribution in [2.75, 3.05) is 22.6 Å². The fraction of sp³-hybridized carbons (Fsp3) is 0.318. The predicted molar refractivity (Wildman–Crippen MR) is 239 cm³/mol. The molecule has 13 nitrogen and oxygen atoms in total. The molecule has 0 radical (unpaired) electrons. The third kappa shape index (κ3) is 10.0. The summed E-state index contributed by atoms with van der Waals surface area (Å²) in [5.74, 6) is -0.520. The van der Waals surface area contributed by atoms with Crippen molar-refractivity contribution in [2.45, 2.75) is 84.7 Å². The lowest BCUT2D eigenvalue weighted by Crippen LogP contribution is -2.34. The molecule has 1 atom stereocenters. The van der Waals surface area contributed by atoms with Crippen LogP contribution in [0.3, 0.4) is 0 Å². The zero-order valence-corrected chi connectivity index (χ0v) is 36.9. The van der Waals surface area contributed by atoms with Crippen LogP contribution in [0.1, 0.15) is 78.9 Å². The third-order valence-corrected chi connectivity index (χ3v) is 11.4. The first kappa shape index (κ1) is 45.5. The van der Waals surface area contributed by atoms with Gasteiger partial charge in [-0.15, -0.1) is 0 Å². The normalized spacial score (nSPS) is 12.1. The Labute approximate surface area is 364 Å². The fourth-order valence-electron chi connectivity index (χ4n) is 6.22. The Bertz CT molecular complexity index is 2420. The molecule has 5 aromatic rings. The minimum atomic E-state index is -1.09. The molecule has 5 N–H and O–H groups in total. The average Bonchev–Trinajstić information content (AvgIpc) is 3.50. The van der Waals surface area contributed by atoms with Gasteiger partial charge in [0.25, 0.3) is 5.91 Å². The molecule has 0 fully saturated rings. The number of methoxy groups -OCH3 is 1. The van der Waals surface area contributed by atoms with Gasteiger partial charge in [-0.1, -0.05) is 101 Å². The van der Waals surface area contributed by atoms with E-state index in [1.54, 1.807) is 24.3 Å². The molecule has 16 heteroatoms. The van der Waals surface area contributed by atoms with Crippen LogP contribution in [-0.2, 0) is 15.6 Å². The fourth-order valence-corrected chi connectivity index (χ4v) is 6.98. The Morgan fingerprint density at radius 1 is 0.850 bits per heavy atom. The number of rotatable bonds is 15. The maximum absolute atomic E-state index is 14.1. The molecule has 0 bridgehead atoms. The highest BCUT2D eigenvalue weighted by Gasteiger charge is 2.32. The number of nitrogens with two attached hydrogens (primary N) is 1. The van der Waals surface area contributed by atoms with Crippen LogP contribution in [0.15, 0.2) is 83.7 Å². The van der Waals surface area contributed by atoms with Crippen LogP contribution in [0.5, 0.6) is 17.2 Å². The number of anilines is 4. The van der Waals surface area contributed by atoms with Crippen molar-refractivity contribution in [3.05, 3.63) is 115 Å². The molecule has 0 aliphatic heterocycles. The molecule has 0 spiro atoms. The van der Waals surface area contributed by atoms with Crippen LogP contribution in [0.25, 0.3) is 5.69 Å². The van der Waals surface area contributed by atoms with E-state index >= 15 is 0 Å². The number of aromatic amines is 1. The molecule has 318 valence electrons. The lowest BCUT2D eigenvalue weighted by molar-refractivity contribution is -0.122. The molecule has 1 unspecified atom stereocenters. The van der Waals surface area contributed by atoms with Crippen molar-refractivity contribution < 1.29 is 28.6 Å². The molecule has 0 saturated carbocycles. The highest BCUT2D eigenvalue weighted by Crippen LogP contribution is 2.40. The minimum Gasteiger partial charge on any atom is -0.497 e. The number of hydrogen-bond donors (Lipinski definition) is 4. The molecule has 5 rings (SSSR count). The molecule has 4 aromatic carbocycles. The van der Waals surface area contributed by atoms with Crippen molar-refractivity contribution in [3.8, 4) is 22.9 Å². The van der Waals surface area contributed by atoms with Crippen LogP contribution in [-0.4, -0.2) is 41.0 Å². The molecule has 60 heavy (non-hydrogen) atoms. The number of nitrogens with zero attached hydrogens (tertiary/aromatic N) is 2. The van der Waals surface area contributed by atoms with Gasteiger partial charge in [0.05, 0.1) is 22.8 Å². The molecule has 4 amide bonds. The van der Waals surface area contributed by atoms with Crippen molar-refractivity contribution in [1.82, 2.24) is 9.78 Å². The zero-order chi connectivity index (χ0) is 44.1. The maximum atomic E-state index is 14.1. The first-order valence-electron chi connectivity index (χ1n) is 19.3. The van der Waals surface area contributed by atoms with Crippen molar-refractivity contribution >= 4 is 75.7 Å². The van der Waals surface area contributed by atoms with Crippen molar-refractivity contribution in [3.63, 3.8) is 0 Å². The number of hydrogen-bond acceptors (Lipinski definition) is 7. The predicted octanol–water partition coefficient (Wildman–Crippen LogP) is 11.1. The zero-order valence-electron chi connectivity index (χ0n) is 34.7. The molecule has 0 saturated heterocycles. The first-order chi connectivity index (χ1) is 28.3. The standard InChI is InChI=1S/C44H49Cl3N6O7/c1-9-34(59-35-20-15-25(43(4,5)10-2)21-31(35)44(6,7)11-3)39(54)49-28-13-12-14-29(22-28)52(41(48)56)38-37(60-42(57)50-27-18-16-26(45)17-19-27)40(55)53(51-38)36-32(46)23-30(58-8)24-33(36)47/h12-24,34,51H,9-11H2,1-8H3,(H2,48,56)(H,49,54)(H,50,57). The Morgan fingerprint density at radius 2 is 1.50 bits per heavy atom. The number of primary amides is 1. The second-order valence-electron chi connectivity index (χ2n) is 15.3. The van der Waals surface area contributed by atoms with E-state index in [1.165, 1.54) is 49.1 Å². The van der Waals surface area contributed by atoms with Gasteiger partial charge in [-0.05, 0) is 84.2 Å². The summed E-state index contributed by atoms with van der Waals surface area (Å²) >= 11 is 19.1. The summed E-state index contributed by atoms with van der Waals surface area (Å²) in [7, 11) is 1.42. The van der Waals surface area contributed by atoms with Gasteiger partial charge in [-0.25, -0.2) is 19.2 Å². The van der Waals surface area contributed by atoms with Crippen LogP contribution in [0.2, 0.25) is 15.1 Å². The maximum Gasteiger partial charge on any atom is 0.417 e. The number of benzene rings is 4. The summed E-state index contributed by atoms with van der Waals surface area (Å²) in [5.41, 5.74) is 7.52. The largest absolute Gasteiger partial charge is 0.497 e. The van der Waals surface area contributed by atoms with E-state index in [0.29, 0.717) is 28.6 Å². The Morgan fingerprint density at radius 3 is 2.08 bits per heavy atom. The number of nitrogens with one attached hydrogen (secondary N) is 3. The molecule has 0 aliphatic rings. The highest BCUT2D eigenvalue weighted by atomic mass is 35.5. The van der Waals surface area contributed by atoms with Gasteiger partial charge < -0.3 is 25.3 Å². The summed E-state index contributed by atoms with van der Waals surface area (Å²) in [5, 5.41) is 8.59. The highest BCUT2D eigenvalue weighted by molar-refractivity contribution is 6.38. The lowest BCUT2D eigenvalue weighted by Gasteiger charge is -2.31. The summed E-state index contributed by atoms with van der Waals surface area (Å²) in [6.07, 6.45) is 0.170. The number of halogens is 3. The monoisotopic (exact) mass is 878 g/mol. The van der Waals surface area contributed by atoms with Gasteiger partial charge in [-0.3, -0.25) is 20.0 Å². The summed E-state index contributed by atoms with van der Waals surface area (Å²) in [4.78, 5) is 55.5. The second-order valence-corrected chi connectivity index (χ2v) is 16.6. The second kappa shape index (κ2) is 18.7. The SMILES string of the molecule is CCC(Oc1ccc(C(C)(C)CC)cc1C(C)(C)CC)C(=O)Nc1cccc(N(C(N)=O)c2[nH]n(-c3c(Cl)cc(OC)cc3Cl)c(=O)c2OC(=O)Nc2ccc(Cl)cc2)c1. The quantitative estimate of drug-likeness (QED) is 0.0811. The molecular formula is C44H49Cl3N6O7. The van der Waals surface area contributed by atoms with Gasteiger partial charge in [0.2, 0.25) is 5.75 Å². The van der Waals surface area contributed by atoms with Crippen molar-refractivity contribution in [1.29, 1.82) is 0 Å². The molecule has 1 aromatic heterocycles. The van der Waals surface area contributed by atoms with Gasteiger partial charge in [-0.2, -0.15) is 0 Å². The molecule has 1 heterocycles. The molecular weight excluding hydrogens is 831 g/mol. The number of carbonyl (C=O) groups is 3. The van der Waals surface area contributed by atoms with Crippen molar-refractivity contribution in [2.24, 2.45) is 5.73 Å². The van der Waals surface area contributed by atoms with E-state index in [-0.39, 0.29) is 43.8 Å². The van der Waals surface area contributed by atoms with Crippen LogP contribution >= 0.6 is 34.8 Å². The Balaban J connectivity index is 1.52. The van der Waals surface area contributed by atoms with E-state index in [0.717, 1.165) is 28.0 Å². The number of ether oxygens (including phenoxy) is 3. The van der Waals surface area contributed by atoms with Gasteiger partial charge in [0, 0.05) is 34.1 Å². The smallest absolute Gasteiger partial charge is 0.417 e.